The quantitative estimate of drug-likeness (QED) is 0.540. The molecule has 3 unspecified atom stereocenters. The van der Waals surface area contributed by atoms with Crippen LogP contribution in [0, 0.1) is 5.92 Å². The van der Waals surface area contributed by atoms with Gasteiger partial charge in [-0.15, -0.1) is 0 Å². The smallest absolute Gasteiger partial charge is 0.236 e. The highest BCUT2D eigenvalue weighted by Gasteiger charge is 2.54. The summed E-state index contributed by atoms with van der Waals surface area (Å²) in [6.07, 6.45) is 3.83. The number of carbonyl (C=O) groups is 2. The summed E-state index contributed by atoms with van der Waals surface area (Å²) in [4.78, 5) is 29.9. The number of allylic oxidation sites excluding steroid dienone is 1. The Balaban J connectivity index is 1.65. The fraction of sp³-hybridized carbons (Fsp3) is 0.333. The maximum Gasteiger partial charge on any atom is 0.236 e. The summed E-state index contributed by atoms with van der Waals surface area (Å²) in [6, 6.07) is 13.3. The Bertz CT molecular complexity index is 1030. The molecular formula is C24H25ClN2O3. The van der Waals surface area contributed by atoms with Crippen LogP contribution in [0.2, 0.25) is 5.02 Å². The molecule has 1 amide bonds. The summed E-state index contributed by atoms with van der Waals surface area (Å²) >= 11 is 6.20. The van der Waals surface area contributed by atoms with Gasteiger partial charge in [-0.3, -0.25) is 9.59 Å². The SMILES string of the molecule is CN(C)c1ccc(/C=C/C(=O)C2C(=O)N(C)C3(C)CC2c2cc(Cl)ccc2O3)cc1. The molecule has 0 saturated carbocycles. The van der Waals surface area contributed by atoms with E-state index >= 15 is 0 Å². The van der Waals surface area contributed by atoms with Gasteiger partial charge in [-0.2, -0.15) is 0 Å². The maximum absolute atomic E-state index is 13.2. The average Bonchev–Trinajstić information content (AvgIpc) is 2.71. The molecule has 2 aliphatic heterocycles. The first-order chi connectivity index (χ1) is 14.2. The van der Waals surface area contributed by atoms with Gasteiger partial charge in [0.2, 0.25) is 5.91 Å². The second kappa shape index (κ2) is 7.47. The number of fused-ring (bicyclic) bond motifs is 4. The lowest BCUT2D eigenvalue weighted by atomic mass is 9.72. The van der Waals surface area contributed by atoms with E-state index in [4.69, 9.17) is 16.3 Å². The molecule has 5 nitrogen and oxygen atoms in total. The van der Waals surface area contributed by atoms with E-state index in [0.29, 0.717) is 17.2 Å². The lowest BCUT2D eigenvalue weighted by Crippen LogP contribution is -2.62. The van der Waals surface area contributed by atoms with E-state index in [9.17, 15) is 9.59 Å². The number of hydrogen-bond donors (Lipinski definition) is 0. The first kappa shape index (κ1) is 20.5. The van der Waals surface area contributed by atoms with Crippen molar-refractivity contribution in [2.75, 3.05) is 26.0 Å². The van der Waals surface area contributed by atoms with Gasteiger partial charge in [0.1, 0.15) is 11.7 Å². The number of ether oxygens (including phenoxy) is 1. The van der Waals surface area contributed by atoms with Crippen molar-refractivity contribution in [3.63, 3.8) is 0 Å². The number of carbonyl (C=O) groups excluding carboxylic acids is 2. The molecule has 2 aromatic rings. The maximum atomic E-state index is 13.2. The molecule has 4 rings (SSSR count). The molecule has 2 bridgehead atoms. The van der Waals surface area contributed by atoms with E-state index in [1.54, 1.807) is 24.1 Å². The van der Waals surface area contributed by atoms with Crippen LogP contribution in [0.1, 0.15) is 30.4 Å². The lowest BCUT2D eigenvalue weighted by molar-refractivity contribution is -0.170. The van der Waals surface area contributed by atoms with E-state index in [1.807, 2.05) is 62.3 Å². The third-order valence-electron chi connectivity index (χ3n) is 6.16. The Labute approximate surface area is 181 Å². The number of nitrogens with zero attached hydrogens (tertiary/aromatic N) is 2. The van der Waals surface area contributed by atoms with Gasteiger partial charge in [0, 0.05) is 49.8 Å². The van der Waals surface area contributed by atoms with Crippen LogP contribution in [0.15, 0.2) is 48.5 Å². The minimum absolute atomic E-state index is 0.205. The highest BCUT2D eigenvalue weighted by atomic mass is 35.5. The number of benzene rings is 2. The minimum Gasteiger partial charge on any atom is -0.468 e. The van der Waals surface area contributed by atoms with Gasteiger partial charge in [-0.05, 0) is 48.9 Å². The monoisotopic (exact) mass is 424 g/mol. The Morgan fingerprint density at radius 2 is 1.93 bits per heavy atom. The number of halogens is 1. The highest BCUT2D eigenvalue weighted by molar-refractivity contribution is 6.30. The van der Waals surface area contributed by atoms with Crippen molar-refractivity contribution in [2.45, 2.75) is 25.0 Å². The van der Waals surface area contributed by atoms with Crippen LogP contribution in [-0.4, -0.2) is 43.5 Å². The Kier molecular flexibility index (Phi) is 5.10. The normalized spacial score (nSPS) is 25.1. The summed E-state index contributed by atoms with van der Waals surface area (Å²) in [5, 5.41) is 0.565. The minimum atomic E-state index is -0.790. The van der Waals surface area contributed by atoms with Crippen molar-refractivity contribution >= 4 is 35.1 Å². The zero-order valence-corrected chi connectivity index (χ0v) is 18.3. The third kappa shape index (κ3) is 3.47. The second-order valence-electron chi connectivity index (χ2n) is 8.37. The predicted octanol–water partition coefficient (Wildman–Crippen LogP) is 4.36. The van der Waals surface area contributed by atoms with Crippen molar-refractivity contribution in [1.82, 2.24) is 4.90 Å². The highest BCUT2D eigenvalue weighted by Crippen LogP contribution is 2.50. The molecule has 2 aliphatic rings. The fourth-order valence-electron chi connectivity index (χ4n) is 4.30. The fourth-order valence-corrected chi connectivity index (χ4v) is 4.48. The molecule has 0 aromatic heterocycles. The zero-order chi connectivity index (χ0) is 21.6. The standard InChI is InChI=1S/C24H25ClN2O3/c1-24-14-19(18-13-16(25)8-12-21(18)30-24)22(23(29)27(24)4)20(28)11-7-15-5-9-17(10-6-15)26(2)3/h5-13,19,22H,14H2,1-4H3/b11-7+. The number of ketones is 1. The number of rotatable bonds is 4. The Hall–Kier alpha value is -2.79. The van der Waals surface area contributed by atoms with Gasteiger partial charge in [0.15, 0.2) is 11.5 Å². The third-order valence-corrected chi connectivity index (χ3v) is 6.40. The van der Waals surface area contributed by atoms with Crippen LogP contribution < -0.4 is 9.64 Å². The first-order valence-corrected chi connectivity index (χ1v) is 10.3. The van der Waals surface area contributed by atoms with Crippen molar-refractivity contribution < 1.29 is 14.3 Å². The summed E-state index contributed by atoms with van der Waals surface area (Å²) in [6.45, 7) is 1.89. The van der Waals surface area contributed by atoms with E-state index in [1.165, 1.54) is 6.08 Å². The van der Waals surface area contributed by atoms with E-state index in [0.717, 1.165) is 16.8 Å². The van der Waals surface area contributed by atoms with Crippen LogP contribution in [-0.2, 0) is 9.59 Å². The summed E-state index contributed by atoms with van der Waals surface area (Å²) in [5.74, 6) is -0.810. The number of amides is 1. The van der Waals surface area contributed by atoms with Crippen LogP contribution in [0.5, 0.6) is 5.75 Å². The van der Waals surface area contributed by atoms with E-state index in [2.05, 4.69) is 0 Å². The van der Waals surface area contributed by atoms with Crippen molar-refractivity contribution in [3.05, 3.63) is 64.7 Å². The first-order valence-electron chi connectivity index (χ1n) is 9.95. The topological polar surface area (TPSA) is 49.9 Å². The lowest BCUT2D eigenvalue weighted by Gasteiger charge is -2.51. The van der Waals surface area contributed by atoms with Gasteiger partial charge < -0.3 is 14.5 Å². The number of anilines is 1. The average molecular weight is 425 g/mol. The molecule has 1 saturated heterocycles. The van der Waals surface area contributed by atoms with Gasteiger partial charge >= 0.3 is 0 Å². The number of piperidine rings is 1. The van der Waals surface area contributed by atoms with Gasteiger partial charge in [-0.1, -0.05) is 29.8 Å². The molecule has 0 aliphatic carbocycles. The van der Waals surface area contributed by atoms with Gasteiger partial charge in [0.25, 0.3) is 0 Å². The van der Waals surface area contributed by atoms with Crippen LogP contribution in [0.25, 0.3) is 6.08 Å². The molecule has 30 heavy (non-hydrogen) atoms. The molecule has 0 radical (unpaired) electrons. The molecular weight excluding hydrogens is 400 g/mol. The molecule has 3 atom stereocenters. The van der Waals surface area contributed by atoms with Gasteiger partial charge in [-0.25, -0.2) is 0 Å². The largest absolute Gasteiger partial charge is 0.468 e. The van der Waals surface area contributed by atoms with E-state index in [-0.39, 0.29) is 17.6 Å². The molecule has 6 heteroatoms. The molecule has 2 heterocycles. The predicted molar refractivity (Wildman–Crippen MR) is 119 cm³/mol. The molecule has 2 aromatic carbocycles. The molecule has 0 spiro atoms. The number of hydrogen-bond acceptors (Lipinski definition) is 4. The summed E-state index contributed by atoms with van der Waals surface area (Å²) in [5.41, 5.74) is 2.04. The van der Waals surface area contributed by atoms with Crippen LogP contribution in [0.4, 0.5) is 5.69 Å². The summed E-state index contributed by atoms with van der Waals surface area (Å²) < 4.78 is 6.13. The number of likely N-dealkylation sites (tertiary alicyclic amines) is 1. The molecule has 156 valence electrons. The van der Waals surface area contributed by atoms with Crippen molar-refractivity contribution in [1.29, 1.82) is 0 Å². The van der Waals surface area contributed by atoms with Crippen molar-refractivity contribution in [2.24, 2.45) is 5.92 Å². The Morgan fingerprint density at radius 1 is 1.23 bits per heavy atom. The summed E-state index contributed by atoms with van der Waals surface area (Å²) in [7, 11) is 5.65. The van der Waals surface area contributed by atoms with Gasteiger partial charge in [0.05, 0.1) is 0 Å². The Morgan fingerprint density at radius 3 is 2.60 bits per heavy atom. The zero-order valence-electron chi connectivity index (χ0n) is 17.6. The molecule has 0 N–H and O–H groups in total. The van der Waals surface area contributed by atoms with E-state index < -0.39 is 11.6 Å². The second-order valence-corrected chi connectivity index (χ2v) is 8.80. The van der Waals surface area contributed by atoms with Crippen LogP contribution in [0.3, 0.4) is 0 Å². The molecule has 1 fully saturated rings. The van der Waals surface area contributed by atoms with Crippen LogP contribution >= 0.6 is 11.6 Å². The van der Waals surface area contributed by atoms with Crippen molar-refractivity contribution in [3.8, 4) is 5.75 Å².